The number of hydrogen-bond donors (Lipinski definition) is 2. The molecule has 0 aromatic heterocycles. The summed E-state index contributed by atoms with van der Waals surface area (Å²) in [6.07, 6.45) is -0.889. The number of rotatable bonds is 4. The second-order valence-corrected chi connectivity index (χ2v) is 5.95. The minimum atomic E-state index is -0.889. The number of nitrogens with one attached hydrogen (secondary N) is 1. The standard InChI is InChI=1S/C14H11BrCl2FNO/c15-8-1-4-12(18)13(5-8)19-7-14(20)10-6-9(16)2-3-11(10)17/h1-6,14,19-20H,7H2. The van der Waals surface area contributed by atoms with Crippen LogP contribution in [0.1, 0.15) is 11.7 Å². The second kappa shape index (κ2) is 6.76. The van der Waals surface area contributed by atoms with Crippen LogP contribution in [-0.2, 0) is 0 Å². The van der Waals surface area contributed by atoms with Crippen LogP contribution in [0.4, 0.5) is 10.1 Å². The van der Waals surface area contributed by atoms with Gasteiger partial charge in [-0.15, -0.1) is 0 Å². The molecule has 0 aliphatic carbocycles. The van der Waals surface area contributed by atoms with Gasteiger partial charge in [0.25, 0.3) is 0 Å². The lowest BCUT2D eigenvalue weighted by Crippen LogP contribution is -2.13. The van der Waals surface area contributed by atoms with E-state index in [2.05, 4.69) is 21.2 Å². The van der Waals surface area contributed by atoms with Crippen molar-refractivity contribution in [3.8, 4) is 0 Å². The van der Waals surface area contributed by atoms with Gasteiger partial charge in [0.05, 0.1) is 11.8 Å². The highest BCUT2D eigenvalue weighted by Gasteiger charge is 2.13. The summed E-state index contributed by atoms with van der Waals surface area (Å²) in [5, 5.41) is 13.8. The summed E-state index contributed by atoms with van der Waals surface area (Å²) >= 11 is 15.1. The summed E-state index contributed by atoms with van der Waals surface area (Å²) in [4.78, 5) is 0. The molecule has 0 saturated heterocycles. The van der Waals surface area contributed by atoms with Crippen LogP contribution >= 0.6 is 39.1 Å². The van der Waals surface area contributed by atoms with Crippen molar-refractivity contribution in [1.29, 1.82) is 0 Å². The van der Waals surface area contributed by atoms with Crippen LogP contribution in [0.3, 0.4) is 0 Å². The van der Waals surface area contributed by atoms with Crippen LogP contribution in [0.2, 0.25) is 10.0 Å². The maximum absolute atomic E-state index is 13.6. The highest BCUT2D eigenvalue weighted by molar-refractivity contribution is 9.10. The minimum Gasteiger partial charge on any atom is -0.387 e. The molecule has 0 bridgehead atoms. The van der Waals surface area contributed by atoms with E-state index in [4.69, 9.17) is 23.2 Å². The molecule has 1 atom stereocenters. The van der Waals surface area contributed by atoms with Crippen LogP contribution in [0.25, 0.3) is 0 Å². The Balaban J connectivity index is 2.10. The Kier molecular flexibility index (Phi) is 5.27. The van der Waals surface area contributed by atoms with E-state index in [-0.39, 0.29) is 6.54 Å². The maximum atomic E-state index is 13.6. The first kappa shape index (κ1) is 15.6. The van der Waals surface area contributed by atoms with E-state index in [1.807, 2.05) is 0 Å². The molecular formula is C14H11BrCl2FNO. The molecule has 6 heteroatoms. The molecular weight excluding hydrogens is 368 g/mol. The SMILES string of the molecule is OC(CNc1cc(Br)ccc1F)c1cc(Cl)ccc1Cl. The van der Waals surface area contributed by atoms with E-state index in [1.54, 1.807) is 30.3 Å². The summed E-state index contributed by atoms with van der Waals surface area (Å²) in [7, 11) is 0. The van der Waals surface area contributed by atoms with Gasteiger partial charge in [-0.3, -0.25) is 0 Å². The fourth-order valence-corrected chi connectivity index (χ4v) is 2.50. The minimum absolute atomic E-state index is 0.118. The summed E-state index contributed by atoms with van der Waals surface area (Å²) < 4.78 is 14.3. The van der Waals surface area contributed by atoms with Crippen molar-refractivity contribution in [3.05, 3.63) is 62.3 Å². The Morgan fingerprint density at radius 1 is 1.20 bits per heavy atom. The van der Waals surface area contributed by atoms with Gasteiger partial charge in [0.15, 0.2) is 0 Å². The summed E-state index contributed by atoms with van der Waals surface area (Å²) in [6, 6.07) is 9.38. The summed E-state index contributed by atoms with van der Waals surface area (Å²) in [5.74, 6) is -0.391. The molecule has 1 unspecified atom stereocenters. The largest absolute Gasteiger partial charge is 0.387 e. The lowest BCUT2D eigenvalue weighted by Gasteiger charge is -2.15. The van der Waals surface area contributed by atoms with Gasteiger partial charge in [-0.1, -0.05) is 39.1 Å². The second-order valence-electron chi connectivity index (χ2n) is 4.19. The van der Waals surface area contributed by atoms with Crippen molar-refractivity contribution >= 4 is 44.8 Å². The molecule has 0 aliphatic rings. The zero-order valence-corrected chi connectivity index (χ0v) is 13.3. The smallest absolute Gasteiger partial charge is 0.146 e. The number of anilines is 1. The molecule has 2 aromatic rings. The highest BCUT2D eigenvalue weighted by atomic mass is 79.9. The van der Waals surface area contributed by atoms with Gasteiger partial charge in [-0.2, -0.15) is 0 Å². The monoisotopic (exact) mass is 377 g/mol. The fourth-order valence-electron chi connectivity index (χ4n) is 1.72. The average molecular weight is 379 g/mol. The van der Waals surface area contributed by atoms with Crippen LogP contribution in [0.15, 0.2) is 40.9 Å². The fraction of sp³-hybridized carbons (Fsp3) is 0.143. The molecule has 0 spiro atoms. The van der Waals surface area contributed by atoms with Crippen LogP contribution < -0.4 is 5.32 Å². The van der Waals surface area contributed by atoms with Gasteiger partial charge in [0.2, 0.25) is 0 Å². The van der Waals surface area contributed by atoms with Crippen LogP contribution in [0, 0.1) is 5.82 Å². The highest BCUT2D eigenvalue weighted by Crippen LogP contribution is 2.27. The Hall–Kier alpha value is -0.810. The van der Waals surface area contributed by atoms with Gasteiger partial charge in [-0.25, -0.2) is 4.39 Å². The molecule has 0 fully saturated rings. The number of hydrogen-bond acceptors (Lipinski definition) is 2. The van der Waals surface area contributed by atoms with Gasteiger partial charge in [0.1, 0.15) is 5.82 Å². The number of benzene rings is 2. The molecule has 0 amide bonds. The van der Waals surface area contributed by atoms with Gasteiger partial charge in [-0.05, 0) is 36.4 Å². The van der Waals surface area contributed by atoms with E-state index in [0.717, 1.165) is 4.47 Å². The van der Waals surface area contributed by atoms with Crippen molar-refractivity contribution in [2.75, 3.05) is 11.9 Å². The van der Waals surface area contributed by atoms with Crippen molar-refractivity contribution in [1.82, 2.24) is 0 Å². The Morgan fingerprint density at radius 3 is 2.70 bits per heavy atom. The molecule has 106 valence electrons. The Bertz CT molecular complexity index is 624. The summed E-state index contributed by atoms with van der Waals surface area (Å²) in [6.45, 7) is 0.118. The molecule has 2 N–H and O–H groups in total. The molecule has 0 radical (unpaired) electrons. The van der Waals surface area contributed by atoms with E-state index in [9.17, 15) is 9.50 Å². The quantitative estimate of drug-likeness (QED) is 0.780. The topological polar surface area (TPSA) is 32.3 Å². The third-order valence-electron chi connectivity index (χ3n) is 2.73. The normalized spacial score (nSPS) is 12.2. The molecule has 2 nitrogen and oxygen atoms in total. The number of aliphatic hydroxyl groups excluding tert-OH is 1. The predicted octanol–water partition coefficient (Wildman–Crippen LogP) is 5.04. The molecule has 2 aromatic carbocycles. The van der Waals surface area contributed by atoms with Gasteiger partial charge >= 0.3 is 0 Å². The lowest BCUT2D eigenvalue weighted by molar-refractivity contribution is 0.191. The first-order valence-electron chi connectivity index (χ1n) is 5.79. The van der Waals surface area contributed by atoms with Crippen LogP contribution in [0.5, 0.6) is 0 Å². The van der Waals surface area contributed by atoms with Crippen molar-refractivity contribution in [2.45, 2.75) is 6.10 Å². The first-order chi connectivity index (χ1) is 9.47. The van der Waals surface area contributed by atoms with E-state index >= 15 is 0 Å². The molecule has 0 saturated carbocycles. The predicted molar refractivity (Wildman–Crippen MR) is 84.0 cm³/mol. The van der Waals surface area contributed by atoms with Crippen molar-refractivity contribution < 1.29 is 9.50 Å². The maximum Gasteiger partial charge on any atom is 0.146 e. The first-order valence-corrected chi connectivity index (χ1v) is 7.34. The Labute approximate surface area is 134 Å². The average Bonchev–Trinajstić information content (AvgIpc) is 2.42. The third kappa shape index (κ3) is 3.85. The van der Waals surface area contributed by atoms with E-state index in [1.165, 1.54) is 6.07 Å². The molecule has 0 aliphatic heterocycles. The van der Waals surface area contributed by atoms with Gasteiger partial charge < -0.3 is 10.4 Å². The molecule has 0 heterocycles. The number of aliphatic hydroxyl groups is 1. The third-order valence-corrected chi connectivity index (χ3v) is 3.80. The van der Waals surface area contributed by atoms with Crippen LogP contribution in [-0.4, -0.2) is 11.7 Å². The van der Waals surface area contributed by atoms with Crippen molar-refractivity contribution in [3.63, 3.8) is 0 Å². The van der Waals surface area contributed by atoms with Crippen molar-refractivity contribution in [2.24, 2.45) is 0 Å². The molecule has 20 heavy (non-hydrogen) atoms. The van der Waals surface area contributed by atoms with E-state index in [0.29, 0.717) is 21.3 Å². The van der Waals surface area contributed by atoms with E-state index < -0.39 is 11.9 Å². The summed E-state index contributed by atoms with van der Waals surface area (Å²) in [5.41, 5.74) is 0.804. The molecule has 2 rings (SSSR count). The zero-order chi connectivity index (χ0) is 14.7. The number of halogens is 4. The Morgan fingerprint density at radius 2 is 1.95 bits per heavy atom. The zero-order valence-electron chi connectivity index (χ0n) is 10.2. The lowest BCUT2D eigenvalue weighted by atomic mass is 10.1. The van der Waals surface area contributed by atoms with Gasteiger partial charge in [0, 0.05) is 26.6 Å².